The molecule has 0 radical (unpaired) electrons. The van der Waals surface area contributed by atoms with Gasteiger partial charge in [0, 0.05) is 12.4 Å². The van der Waals surface area contributed by atoms with Gasteiger partial charge in [0.1, 0.15) is 5.69 Å². The fourth-order valence-corrected chi connectivity index (χ4v) is 1.68. The van der Waals surface area contributed by atoms with Crippen molar-refractivity contribution in [3.8, 4) is 17.3 Å². The number of aldehydes is 1. The minimum Gasteiger partial charge on any atom is -0.463 e. The molecular formula is C13H9N3O2. The number of carbonyl (C=O) groups excluding carboxylic acids is 1. The van der Waals surface area contributed by atoms with Crippen LogP contribution in [0.5, 0.6) is 0 Å². The fourth-order valence-electron chi connectivity index (χ4n) is 1.68. The van der Waals surface area contributed by atoms with E-state index in [1.165, 1.54) is 0 Å². The Balaban J connectivity index is 2.12. The molecular weight excluding hydrogens is 230 g/mol. The summed E-state index contributed by atoms with van der Waals surface area (Å²) in [6.07, 6.45) is 5.60. The van der Waals surface area contributed by atoms with Crippen LogP contribution in [-0.2, 0) is 0 Å². The zero-order chi connectivity index (χ0) is 12.4. The van der Waals surface area contributed by atoms with Crippen molar-refractivity contribution in [2.75, 3.05) is 0 Å². The van der Waals surface area contributed by atoms with Gasteiger partial charge in [0.2, 0.25) is 0 Å². The van der Waals surface area contributed by atoms with Gasteiger partial charge in [0.05, 0.1) is 11.8 Å². The van der Waals surface area contributed by atoms with E-state index in [-0.39, 0.29) is 0 Å². The molecule has 0 atom stereocenters. The topological polar surface area (TPSA) is 60.9 Å². The van der Waals surface area contributed by atoms with Crippen molar-refractivity contribution in [1.82, 2.24) is 14.8 Å². The Hall–Kier alpha value is -2.69. The summed E-state index contributed by atoms with van der Waals surface area (Å²) in [5.41, 5.74) is 0.983. The summed E-state index contributed by atoms with van der Waals surface area (Å²) in [4.78, 5) is 15.2. The molecule has 18 heavy (non-hydrogen) atoms. The van der Waals surface area contributed by atoms with E-state index in [1.807, 2.05) is 18.2 Å². The molecule has 0 amide bonds. The molecule has 0 unspecified atom stereocenters. The van der Waals surface area contributed by atoms with Crippen LogP contribution in [0, 0.1) is 0 Å². The Morgan fingerprint density at radius 3 is 2.83 bits per heavy atom. The van der Waals surface area contributed by atoms with Gasteiger partial charge in [0.15, 0.2) is 17.9 Å². The number of rotatable bonds is 3. The predicted octanol–water partition coefficient (Wildman–Crippen LogP) is 2.34. The average molecular weight is 239 g/mol. The third-order valence-electron chi connectivity index (χ3n) is 2.51. The van der Waals surface area contributed by atoms with Gasteiger partial charge in [-0.1, -0.05) is 6.07 Å². The minimum atomic E-state index is 0.468. The highest BCUT2D eigenvalue weighted by atomic mass is 16.3. The van der Waals surface area contributed by atoms with Crippen LogP contribution in [0.4, 0.5) is 0 Å². The van der Waals surface area contributed by atoms with E-state index in [0.29, 0.717) is 22.8 Å². The van der Waals surface area contributed by atoms with E-state index in [9.17, 15) is 4.79 Å². The van der Waals surface area contributed by atoms with E-state index >= 15 is 0 Å². The lowest BCUT2D eigenvalue weighted by Crippen LogP contribution is -1.96. The number of carbonyl (C=O) groups is 1. The lowest BCUT2D eigenvalue weighted by Gasteiger charge is -1.97. The van der Waals surface area contributed by atoms with E-state index in [4.69, 9.17) is 4.42 Å². The Morgan fingerprint density at radius 1 is 1.22 bits per heavy atom. The SMILES string of the molecule is O=Cc1cn(-c2ccccn2)nc1-c1ccco1. The summed E-state index contributed by atoms with van der Waals surface area (Å²) in [6.45, 7) is 0. The van der Waals surface area contributed by atoms with Crippen molar-refractivity contribution in [2.45, 2.75) is 0 Å². The maximum atomic E-state index is 11.1. The fraction of sp³-hybridized carbons (Fsp3) is 0. The highest BCUT2D eigenvalue weighted by Crippen LogP contribution is 2.22. The second kappa shape index (κ2) is 4.29. The maximum Gasteiger partial charge on any atom is 0.154 e. The zero-order valence-corrected chi connectivity index (χ0v) is 9.35. The lowest BCUT2D eigenvalue weighted by atomic mass is 10.2. The standard InChI is InChI=1S/C13H9N3O2/c17-9-10-8-16(12-5-1-2-6-14-12)15-13(10)11-4-3-7-18-11/h1-9H. The summed E-state index contributed by atoms with van der Waals surface area (Å²) >= 11 is 0. The van der Waals surface area contributed by atoms with E-state index in [1.54, 1.807) is 35.5 Å². The van der Waals surface area contributed by atoms with Gasteiger partial charge in [0.25, 0.3) is 0 Å². The predicted molar refractivity (Wildman–Crippen MR) is 64.4 cm³/mol. The molecule has 3 aromatic heterocycles. The highest BCUT2D eigenvalue weighted by Gasteiger charge is 2.13. The molecule has 3 aromatic rings. The molecule has 0 fully saturated rings. The van der Waals surface area contributed by atoms with Crippen LogP contribution in [0.15, 0.2) is 53.4 Å². The van der Waals surface area contributed by atoms with Gasteiger partial charge in [-0.05, 0) is 24.3 Å². The number of hydrogen-bond donors (Lipinski definition) is 0. The van der Waals surface area contributed by atoms with Gasteiger partial charge in [-0.2, -0.15) is 5.10 Å². The number of furan rings is 1. The Kier molecular flexibility index (Phi) is 2.49. The smallest absolute Gasteiger partial charge is 0.154 e. The van der Waals surface area contributed by atoms with Crippen molar-refractivity contribution < 1.29 is 9.21 Å². The average Bonchev–Trinajstić information content (AvgIpc) is 3.08. The molecule has 0 spiro atoms. The molecule has 0 saturated heterocycles. The quantitative estimate of drug-likeness (QED) is 0.658. The highest BCUT2D eigenvalue weighted by molar-refractivity contribution is 5.84. The summed E-state index contributed by atoms with van der Waals surface area (Å²) in [5, 5.41) is 4.32. The van der Waals surface area contributed by atoms with Crippen LogP contribution in [0.1, 0.15) is 10.4 Å². The summed E-state index contributed by atoms with van der Waals surface area (Å²) in [6, 6.07) is 9.01. The number of pyridine rings is 1. The molecule has 3 rings (SSSR count). The van der Waals surface area contributed by atoms with Crippen molar-refractivity contribution in [1.29, 1.82) is 0 Å². The zero-order valence-electron chi connectivity index (χ0n) is 9.35. The molecule has 88 valence electrons. The monoisotopic (exact) mass is 239 g/mol. The summed E-state index contributed by atoms with van der Waals surface area (Å²) in [7, 11) is 0. The number of nitrogens with zero attached hydrogens (tertiary/aromatic N) is 3. The van der Waals surface area contributed by atoms with E-state index in [0.717, 1.165) is 6.29 Å². The molecule has 0 aliphatic rings. The van der Waals surface area contributed by atoms with E-state index < -0.39 is 0 Å². The molecule has 0 N–H and O–H groups in total. The van der Waals surface area contributed by atoms with Gasteiger partial charge in [-0.25, -0.2) is 9.67 Å². The minimum absolute atomic E-state index is 0.468. The molecule has 0 bridgehead atoms. The van der Waals surface area contributed by atoms with E-state index in [2.05, 4.69) is 10.1 Å². The first-order chi connectivity index (χ1) is 8.88. The largest absolute Gasteiger partial charge is 0.463 e. The van der Waals surface area contributed by atoms with Crippen LogP contribution in [-0.4, -0.2) is 21.1 Å². The normalized spacial score (nSPS) is 10.4. The molecule has 0 aliphatic carbocycles. The van der Waals surface area contributed by atoms with Crippen LogP contribution < -0.4 is 0 Å². The lowest BCUT2D eigenvalue weighted by molar-refractivity contribution is 0.112. The first kappa shape index (κ1) is 10.5. The molecule has 0 saturated carbocycles. The van der Waals surface area contributed by atoms with Gasteiger partial charge in [-0.3, -0.25) is 4.79 Å². The number of aromatic nitrogens is 3. The summed E-state index contributed by atoms with van der Waals surface area (Å²) in [5.74, 6) is 1.21. The van der Waals surface area contributed by atoms with Crippen molar-refractivity contribution in [2.24, 2.45) is 0 Å². The number of hydrogen-bond acceptors (Lipinski definition) is 4. The van der Waals surface area contributed by atoms with Gasteiger partial charge in [-0.15, -0.1) is 0 Å². The Bertz CT molecular complexity index is 657. The molecule has 5 heteroatoms. The molecule has 0 aromatic carbocycles. The molecule has 5 nitrogen and oxygen atoms in total. The van der Waals surface area contributed by atoms with Crippen molar-refractivity contribution in [3.63, 3.8) is 0 Å². The van der Waals surface area contributed by atoms with Crippen LogP contribution in [0.2, 0.25) is 0 Å². The van der Waals surface area contributed by atoms with Crippen LogP contribution in [0.3, 0.4) is 0 Å². The van der Waals surface area contributed by atoms with Gasteiger partial charge < -0.3 is 4.42 Å². The first-order valence-electron chi connectivity index (χ1n) is 5.38. The Labute approximate surface area is 103 Å². The first-order valence-corrected chi connectivity index (χ1v) is 5.38. The molecule has 3 heterocycles. The molecule has 0 aliphatic heterocycles. The summed E-state index contributed by atoms with van der Waals surface area (Å²) < 4.78 is 6.81. The Morgan fingerprint density at radius 2 is 2.17 bits per heavy atom. The van der Waals surface area contributed by atoms with Gasteiger partial charge >= 0.3 is 0 Å². The second-order valence-corrected chi connectivity index (χ2v) is 3.66. The maximum absolute atomic E-state index is 11.1. The van der Waals surface area contributed by atoms with Crippen LogP contribution >= 0.6 is 0 Å². The second-order valence-electron chi connectivity index (χ2n) is 3.66. The van der Waals surface area contributed by atoms with Crippen molar-refractivity contribution in [3.05, 3.63) is 54.6 Å². The van der Waals surface area contributed by atoms with Crippen molar-refractivity contribution >= 4 is 6.29 Å². The third kappa shape index (κ3) is 1.71. The third-order valence-corrected chi connectivity index (χ3v) is 2.51. The van der Waals surface area contributed by atoms with Crippen LogP contribution in [0.25, 0.3) is 17.3 Å².